The van der Waals surface area contributed by atoms with E-state index in [9.17, 15) is 22.8 Å². The first-order valence-electron chi connectivity index (χ1n) is 16.6. The van der Waals surface area contributed by atoms with Crippen molar-refractivity contribution in [2.75, 3.05) is 38.1 Å². The maximum atomic E-state index is 13.6. The molecule has 50 heavy (non-hydrogen) atoms. The number of carbonyl (C=O) groups is 2. The highest BCUT2D eigenvalue weighted by Crippen LogP contribution is 2.31. The highest BCUT2D eigenvalue weighted by atomic mass is 19.4. The van der Waals surface area contributed by atoms with Gasteiger partial charge in [-0.1, -0.05) is 38.1 Å². The lowest BCUT2D eigenvalue weighted by Gasteiger charge is -2.34. The maximum absolute atomic E-state index is 13.6. The van der Waals surface area contributed by atoms with Crippen LogP contribution in [0.15, 0.2) is 91.1 Å². The SMILES string of the molecule is CC(C)Cc1ccc(CN2CCN(C(=O)c3cc4ccc(Oc5ccc(N(C)C(=O)c6ccc(C(F)(F)F)cc6)cn5)cc4n3C)CC2)cc1. The first-order chi connectivity index (χ1) is 23.9. The molecule has 0 spiro atoms. The summed E-state index contributed by atoms with van der Waals surface area (Å²) in [5.41, 5.74) is 3.84. The van der Waals surface area contributed by atoms with Crippen LogP contribution >= 0.6 is 0 Å². The van der Waals surface area contributed by atoms with Crippen molar-refractivity contribution in [3.63, 3.8) is 0 Å². The summed E-state index contributed by atoms with van der Waals surface area (Å²) < 4.78 is 46.6. The van der Waals surface area contributed by atoms with Crippen molar-refractivity contribution < 1.29 is 27.5 Å². The number of aryl methyl sites for hydroxylation is 1. The number of alkyl halides is 3. The largest absolute Gasteiger partial charge is 0.439 e. The summed E-state index contributed by atoms with van der Waals surface area (Å²) in [4.78, 5) is 36.4. The summed E-state index contributed by atoms with van der Waals surface area (Å²) >= 11 is 0. The van der Waals surface area contributed by atoms with Gasteiger partial charge in [-0.05, 0) is 72.0 Å². The van der Waals surface area contributed by atoms with Gasteiger partial charge in [0.25, 0.3) is 11.8 Å². The molecule has 0 unspecified atom stereocenters. The van der Waals surface area contributed by atoms with E-state index in [0.29, 0.717) is 42.0 Å². The quantitative estimate of drug-likeness (QED) is 0.159. The molecule has 2 amide bonds. The van der Waals surface area contributed by atoms with Crippen molar-refractivity contribution in [3.05, 3.63) is 119 Å². The molecule has 3 aromatic carbocycles. The molecule has 0 N–H and O–H groups in total. The molecule has 0 saturated carbocycles. The van der Waals surface area contributed by atoms with Crippen LogP contribution in [0, 0.1) is 5.92 Å². The van der Waals surface area contributed by atoms with Crippen molar-refractivity contribution in [1.29, 1.82) is 0 Å². The van der Waals surface area contributed by atoms with Crippen LogP contribution in [0.2, 0.25) is 0 Å². The molecular formula is C39H40F3N5O3. The Bertz CT molecular complexity index is 1960. The number of aromatic nitrogens is 2. The van der Waals surface area contributed by atoms with E-state index >= 15 is 0 Å². The standard InChI is InChI=1S/C39H40F3N5O3/c1-26(2)21-27-5-7-28(8-6-27)25-46-17-19-47(20-18-46)38(49)35-22-30-11-15-33(23-34(30)45(35)4)50-36-16-14-32(24-43-36)44(3)37(48)29-9-12-31(13-10-29)39(40,41)42/h5-16,22-24,26H,17-21,25H2,1-4H3. The van der Waals surface area contributed by atoms with Crippen LogP contribution < -0.4 is 9.64 Å². The van der Waals surface area contributed by atoms with Crippen molar-refractivity contribution in [3.8, 4) is 11.6 Å². The lowest BCUT2D eigenvalue weighted by molar-refractivity contribution is -0.137. The van der Waals surface area contributed by atoms with Gasteiger partial charge < -0.3 is 19.1 Å². The third-order valence-electron chi connectivity index (χ3n) is 9.06. The van der Waals surface area contributed by atoms with E-state index in [1.54, 1.807) is 18.2 Å². The molecule has 6 rings (SSSR count). The summed E-state index contributed by atoms with van der Waals surface area (Å²) in [5, 5.41) is 0.912. The highest BCUT2D eigenvalue weighted by Gasteiger charge is 2.30. The molecule has 2 aromatic heterocycles. The number of anilines is 1. The van der Waals surface area contributed by atoms with Crippen LogP contribution in [0.25, 0.3) is 10.9 Å². The van der Waals surface area contributed by atoms with Gasteiger partial charge in [-0.15, -0.1) is 0 Å². The van der Waals surface area contributed by atoms with Crippen molar-refractivity contribution in [1.82, 2.24) is 19.4 Å². The number of hydrogen-bond donors (Lipinski definition) is 0. The molecule has 0 aliphatic carbocycles. The third-order valence-corrected chi connectivity index (χ3v) is 9.06. The fraction of sp³-hybridized carbons (Fsp3) is 0.308. The molecule has 0 atom stereocenters. The predicted octanol–water partition coefficient (Wildman–Crippen LogP) is 7.82. The number of nitrogens with zero attached hydrogens (tertiary/aromatic N) is 5. The molecule has 0 bridgehead atoms. The van der Waals surface area contributed by atoms with Gasteiger partial charge in [-0.2, -0.15) is 13.2 Å². The van der Waals surface area contributed by atoms with E-state index in [2.05, 4.69) is 48.0 Å². The first-order valence-corrected chi connectivity index (χ1v) is 16.6. The Morgan fingerprint density at radius 1 is 0.880 bits per heavy atom. The molecule has 260 valence electrons. The number of carbonyl (C=O) groups excluding carboxylic acids is 2. The Kier molecular flexibility index (Phi) is 9.97. The number of rotatable bonds is 9. The zero-order valence-corrected chi connectivity index (χ0v) is 28.6. The number of fused-ring (bicyclic) bond motifs is 1. The molecule has 8 nitrogen and oxygen atoms in total. The van der Waals surface area contributed by atoms with Crippen LogP contribution in [-0.2, 0) is 26.2 Å². The summed E-state index contributed by atoms with van der Waals surface area (Å²) in [6.07, 6.45) is -1.94. The highest BCUT2D eigenvalue weighted by molar-refractivity contribution is 6.05. The fourth-order valence-electron chi connectivity index (χ4n) is 6.22. The zero-order chi connectivity index (χ0) is 35.6. The molecule has 0 radical (unpaired) electrons. The number of pyridine rings is 1. The Labute approximate surface area is 289 Å². The number of benzene rings is 3. The lowest BCUT2D eigenvalue weighted by Crippen LogP contribution is -2.48. The minimum Gasteiger partial charge on any atom is -0.439 e. The summed E-state index contributed by atoms with van der Waals surface area (Å²) in [5.74, 6) is 0.972. The minimum atomic E-state index is -4.48. The molecule has 1 aliphatic heterocycles. The average molecular weight is 684 g/mol. The van der Waals surface area contributed by atoms with E-state index in [4.69, 9.17) is 4.74 Å². The Balaban J connectivity index is 1.05. The summed E-state index contributed by atoms with van der Waals surface area (Å²) in [6.45, 7) is 8.27. The average Bonchev–Trinajstić information content (AvgIpc) is 3.43. The second kappa shape index (κ2) is 14.4. The number of hydrogen-bond acceptors (Lipinski definition) is 5. The zero-order valence-electron chi connectivity index (χ0n) is 28.6. The lowest BCUT2D eigenvalue weighted by atomic mass is 10.0. The molecule has 1 saturated heterocycles. The first kappa shape index (κ1) is 34.7. The molecule has 1 aliphatic rings. The van der Waals surface area contributed by atoms with E-state index in [-0.39, 0.29) is 11.5 Å². The second-order valence-electron chi connectivity index (χ2n) is 13.2. The van der Waals surface area contributed by atoms with Crippen LogP contribution in [0.4, 0.5) is 18.9 Å². The minimum absolute atomic E-state index is 0.00363. The van der Waals surface area contributed by atoms with E-state index in [1.807, 2.05) is 34.7 Å². The molecule has 1 fully saturated rings. The van der Waals surface area contributed by atoms with Gasteiger partial charge in [0.1, 0.15) is 11.4 Å². The Morgan fingerprint density at radius 2 is 1.56 bits per heavy atom. The van der Waals surface area contributed by atoms with Crippen LogP contribution in [0.5, 0.6) is 11.6 Å². The van der Waals surface area contributed by atoms with Gasteiger partial charge in [0.15, 0.2) is 0 Å². The van der Waals surface area contributed by atoms with Gasteiger partial charge in [0, 0.05) is 69.9 Å². The van der Waals surface area contributed by atoms with E-state index < -0.39 is 17.6 Å². The van der Waals surface area contributed by atoms with Gasteiger partial charge in [-0.3, -0.25) is 14.5 Å². The van der Waals surface area contributed by atoms with Crippen molar-refractivity contribution >= 4 is 28.4 Å². The fourth-order valence-corrected chi connectivity index (χ4v) is 6.22. The second-order valence-corrected chi connectivity index (χ2v) is 13.2. The predicted molar refractivity (Wildman–Crippen MR) is 188 cm³/mol. The van der Waals surface area contributed by atoms with Gasteiger partial charge >= 0.3 is 6.18 Å². The van der Waals surface area contributed by atoms with Gasteiger partial charge in [0.2, 0.25) is 5.88 Å². The number of amides is 2. The number of ether oxygens (including phenoxy) is 1. The smallest absolute Gasteiger partial charge is 0.416 e. The summed E-state index contributed by atoms with van der Waals surface area (Å²) in [7, 11) is 3.39. The Morgan fingerprint density at radius 3 is 2.18 bits per heavy atom. The van der Waals surface area contributed by atoms with Gasteiger partial charge in [0.05, 0.1) is 23.0 Å². The molecular weight excluding hydrogens is 643 g/mol. The molecule has 11 heteroatoms. The normalized spacial score (nSPS) is 14.0. The number of halogens is 3. The van der Waals surface area contributed by atoms with Gasteiger partial charge in [-0.25, -0.2) is 4.98 Å². The van der Waals surface area contributed by atoms with Crippen LogP contribution in [0.3, 0.4) is 0 Å². The van der Waals surface area contributed by atoms with Crippen molar-refractivity contribution in [2.24, 2.45) is 13.0 Å². The van der Waals surface area contributed by atoms with Crippen LogP contribution in [0.1, 0.15) is 51.4 Å². The van der Waals surface area contributed by atoms with Crippen LogP contribution in [-0.4, -0.2) is 64.4 Å². The molecule has 3 heterocycles. The Hall–Kier alpha value is -5.16. The number of piperazine rings is 1. The van der Waals surface area contributed by atoms with E-state index in [0.717, 1.165) is 61.2 Å². The molecule has 5 aromatic rings. The van der Waals surface area contributed by atoms with Crippen molar-refractivity contribution in [2.45, 2.75) is 33.0 Å². The monoisotopic (exact) mass is 683 g/mol. The third kappa shape index (κ3) is 7.83. The maximum Gasteiger partial charge on any atom is 0.416 e. The van der Waals surface area contributed by atoms with E-state index in [1.165, 1.54) is 29.3 Å². The topological polar surface area (TPSA) is 70.9 Å². The summed E-state index contributed by atoms with van der Waals surface area (Å²) in [6, 6.07) is 23.7.